The highest BCUT2D eigenvalue weighted by Crippen LogP contribution is 2.28. The Morgan fingerprint density at radius 2 is 2.12 bits per heavy atom. The number of urea groups is 1. The molecule has 0 atom stereocenters. The fourth-order valence-electron chi connectivity index (χ4n) is 2.69. The second kappa shape index (κ2) is 7.90. The van der Waals surface area contributed by atoms with Gasteiger partial charge in [-0.1, -0.05) is 45.7 Å². The van der Waals surface area contributed by atoms with E-state index in [1.165, 1.54) is 5.56 Å². The van der Waals surface area contributed by atoms with E-state index in [1.807, 2.05) is 30.3 Å². The monoisotopic (exact) mass is 408 g/mol. The van der Waals surface area contributed by atoms with Gasteiger partial charge in [0.1, 0.15) is 5.75 Å². The van der Waals surface area contributed by atoms with Crippen LogP contribution in [0.2, 0.25) is 5.02 Å². The third kappa shape index (κ3) is 4.02. The average Bonchev–Trinajstić information content (AvgIpc) is 3.00. The molecule has 0 unspecified atom stereocenters. The van der Waals surface area contributed by atoms with E-state index in [1.54, 1.807) is 11.0 Å². The molecule has 0 bridgehead atoms. The lowest BCUT2D eigenvalue weighted by atomic mass is 10.2. The molecule has 0 aromatic heterocycles. The summed E-state index contributed by atoms with van der Waals surface area (Å²) in [5, 5.41) is 3.51. The average molecular weight is 410 g/mol. The molecule has 0 radical (unpaired) electrons. The highest BCUT2D eigenvalue weighted by atomic mass is 79.9. The predicted molar refractivity (Wildman–Crippen MR) is 100 cm³/mol. The van der Waals surface area contributed by atoms with Crippen molar-refractivity contribution in [2.75, 3.05) is 24.6 Å². The minimum Gasteiger partial charge on any atom is -0.492 e. The molecule has 126 valence electrons. The summed E-state index contributed by atoms with van der Waals surface area (Å²) in [4.78, 5) is 14.1. The number of hydrogen-bond acceptors (Lipinski definition) is 2. The van der Waals surface area contributed by atoms with Crippen LogP contribution in [0.3, 0.4) is 0 Å². The Kier molecular flexibility index (Phi) is 5.63. The first-order valence-corrected chi connectivity index (χ1v) is 9.03. The van der Waals surface area contributed by atoms with Gasteiger partial charge in [-0.05, 0) is 42.7 Å². The van der Waals surface area contributed by atoms with Crippen LogP contribution < -0.4 is 15.0 Å². The molecular weight excluding hydrogens is 392 g/mol. The van der Waals surface area contributed by atoms with Crippen molar-refractivity contribution >= 4 is 39.2 Å². The maximum atomic E-state index is 12.3. The van der Waals surface area contributed by atoms with Gasteiger partial charge < -0.3 is 10.1 Å². The van der Waals surface area contributed by atoms with Crippen molar-refractivity contribution in [3.8, 4) is 5.75 Å². The van der Waals surface area contributed by atoms with E-state index >= 15 is 0 Å². The maximum Gasteiger partial charge on any atom is 0.321 e. The third-order valence-corrected chi connectivity index (χ3v) is 4.67. The highest BCUT2D eigenvalue weighted by Gasteiger charge is 2.23. The molecule has 1 N–H and O–H groups in total. The second-order valence-corrected chi connectivity index (χ2v) is 6.86. The Hall–Kier alpha value is -1.72. The molecule has 2 aromatic rings. The number of halogens is 2. The van der Waals surface area contributed by atoms with Gasteiger partial charge in [-0.3, -0.25) is 4.90 Å². The molecule has 3 rings (SSSR count). The van der Waals surface area contributed by atoms with E-state index < -0.39 is 0 Å². The van der Waals surface area contributed by atoms with E-state index in [9.17, 15) is 4.79 Å². The summed E-state index contributed by atoms with van der Waals surface area (Å²) >= 11 is 9.45. The van der Waals surface area contributed by atoms with Crippen molar-refractivity contribution in [2.45, 2.75) is 12.8 Å². The minimum absolute atomic E-state index is 0.0541. The first-order chi connectivity index (χ1) is 11.6. The van der Waals surface area contributed by atoms with Crippen LogP contribution in [0, 0.1) is 0 Å². The Balaban J connectivity index is 1.42. The van der Waals surface area contributed by atoms with Crippen molar-refractivity contribution < 1.29 is 9.53 Å². The van der Waals surface area contributed by atoms with Gasteiger partial charge in [0.05, 0.1) is 11.6 Å². The molecule has 1 aliphatic heterocycles. The summed E-state index contributed by atoms with van der Waals surface area (Å²) in [5.41, 5.74) is 2.23. The number of ether oxygens (including phenoxy) is 1. The van der Waals surface area contributed by atoms with Crippen LogP contribution in [0.15, 0.2) is 46.9 Å². The van der Waals surface area contributed by atoms with Gasteiger partial charge in [-0.15, -0.1) is 0 Å². The Bertz CT molecular complexity index is 739. The predicted octanol–water partition coefficient (Wildman–Crippen LogP) is 4.64. The van der Waals surface area contributed by atoms with Gasteiger partial charge in [0, 0.05) is 23.2 Å². The zero-order chi connectivity index (χ0) is 16.9. The summed E-state index contributed by atoms with van der Waals surface area (Å²) in [5.74, 6) is 0.652. The number of para-hydroxylation sites is 1. The van der Waals surface area contributed by atoms with E-state index in [2.05, 4.69) is 27.3 Å². The first kappa shape index (κ1) is 17.1. The largest absolute Gasteiger partial charge is 0.492 e. The molecule has 6 heteroatoms. The van der Waals surface area contributed by atoms with Gasteiger partial charge in [0.15, 0.2) is 0 Å². The van der Waals surface area contributed by atoms with Crippen LogP contribution in [-0.4, -0.2) is 25.7 Å². The van der Waals surface area contributed by atoms with Gasteiger partial charge >= 0.3 is 6.03 Å². The van der Waals surface area contributed by atoms with Crippen LogP contribution in [0.5, 0.6) is 5.75 Å². The number of hydrogen-bond donors (Lipinski definition) is 1. The molecule has 0 aliphatic carbocycles. The van der Waals surface area contributed by atoms with E-state index in [0.717, 1.165) is 23.1 Å². The lowest BCUT2D eigenvalue weighted by Crippen LogP contribution is -2.39. The first-order valence-electron chi connectivity index (χ1n) is 7.86. The van der Waals surface area contributed by atoms with Gasteiger partial charge in [0.2, 0.25) is 0 Å². The van der Waals surface area contributed by atoms with E-state index in [4.69, 9.17) is 16.3 Å². The van der Waals surface area contributed by atoms with Crippen molar-refractivity contribution in [3.63, 3.8) is 0 Å². The molecule has 0 saturated heterocycles. The van der Waals surface area contributed by atoms with Crippen molar-refractivity contribution in [1.82, 2.24) is 5.32 Å². The lowest BCUT2D eigenvalue weighted by molar-refractivity contribution is 0.245. The number of fused-ring (bicyclic) bond motifs is 1. The SMILES string of the molecule is O=C(NCCCOc1ccc(Br)cc1Cl)N1CCc2ccccc21. The fraction of sp³-hybridized carbons (Fsp3) is 0.278. The second-order valence-electron chi connectivity index (χ2n) is 5.54. The topological polar surface area (TPSA) is 41.6 Å². The fourth-order valence-corrected chi connectivity index (χ4v) is 3.41. The van der Waals surface area contributed by atoms with E-state index in [-0.39, 0.29) is 6.03 Å². The highest BCUT2D eigenvalue weighted by molar-refractivity contribution is 9.10. The molecule has 2 amide bonds. The van der Waals surface area contributed by atoms with Crippen LogP contribution in [0.25, 0.3) is 0 Å². The Labute approximate surface area is 154 Å². The molecule has 0 spiro atoms. The van der Waals surface area contributed by atoms with Gasteiger partial charge in [-0.2, -0.15) is 0 Å². The summed E-state index contributed by atoms with van der Waals surface area (Å²) in [6.07, 6.45) is 1.63. The van der Waals surface area contributed by atoms with Crippen LogP contribution in [0.4, 0.5) is 10.5 Å². The number of carbonyl (C=O) groups is 1. The summed E-state index contributed by atoms with van der Waals surface area (Å²) in [6.45, 7) is 1.79. The van der Waals surface area contributed by atoms with Gasteiger partial charge in [0.25, 0.3) is 0 Å². The van der Waals surface area contributed by atoms with Crippen LogP contribution >= 0.6 is 27.5 Å². The number of nitrogens with one attached hydrogen (secondary N) is 1. The normalized spacial score (nSPS) is 12.8. The number of amides is 2. The molecule has 0 fully saturated rings. The van der Waals surface area contributed by atoms with Crippen LogP contribution in [-0.2, 0) is 6.42 Å². The summed E-state index contributed by atoms with van der Waals surface area (Å²) in [7, 11) is 0. The zero-order valence-corrected chi connectivity index (χ0v) is 15.4. The van der Waals surface area contributed by atoms with Crippen molar-refractivity contribution in [2.24, 2.45) is 0 Å². The number of rotatable bonds is 5. The zero-order valence-electron chi connectivity index (χ0n) is 13.1. The number of anilines is 1. The molecule has 4 nitrogen and oxygen atoms in total. The Morgan fingerprint density at radius 1 is 1.29 bits per heavy atom. The number of benzene rings is 2. The number of carbonyl (C=O) groups excluding carboxylic acids is 1. The third-order valence-electron chi connectivity index (χ3n) is 3.88. The summed E-state index contributed by atoms with van der Waals surface area (Å²) in [6, 6.07) is 13.5. The molecule has 2 aromatic carbocycles. The minimum atomic E-state index is -0.0541. The quantitative estimate of drug-likeness (QED) is 0.731. The van der Waals surface area contributed by atoms with E-state index in [0.29, 0.717) is 30.3 Å². The van der Waals surface area contributed by atoms with Crippen LogP contribution in [0.1, 0.15) is 12.0 Å². The molecule has 1 aliphatic rings. The summed E-state index contributed by atoms with van der Waals surface area (Å²) < 4.78 is 6.55. The van der Waals surface area contributed by atoms with Crippen molar-refractivity contribution in [3.05, 3.63) is 57.5 Å². The van der Waals surface area contributed by atoms with Gasteiger partial charge in [-0.25, -0.2) is 4.79 Å². The maximum absolute atomic E-state index is 12.3. The molecule has 24 heavy (non-hydrogen) atoms. The Morgan fingerprint density at radius 3 is 2.96 bits per heavy atom. The molecular formula is C18H18BrClN2O2. The molecule has 0 saturated carbocycles. The van der Waals surface area contributed by atoms with Crippen molar-refractivity contribution in [1.29, 1.82) is 0 Å². The lowest BCUT2D eigenvalue weighted by Gasteiger charge is -2.18. The standard InChI is InChI=1S/C18H18BrClN2O2/c19-14-6-7-17(15(20)12-14)24-11-3-9-21-18(23)22-10-8-13-4-1-2-5-16(13)22/h1-2,4-7,12H,3,8-11H2,(H,21,23). The number of nitrogens with zero attached hydrogens (tertiary/aromatic N) is 1. The smallest absolute Gasteiger partial charge is 0.321 e. The molecule has 1 heterocycles.